The van der Waals surface area contributed by atoms with Gasteiger partial charge in [-0.2, -0.15) is 0 Å². The highest BCUT2D eigenvalue weighted by Gasteiger charge is 2.34. The van der Waals surface area contributed by atoms with Gasteiger partial charge in [-0.25, -0.2) is 0 Å². The third-order valence-corrected chi connectivity index (χ3v) is 3.37. The molecule has 0 aromatic rings. The molecule has 0 aromatic heterocycles. The van der Waals surface area contributed by atoms with E-state index >= 15 is 0 Å². The molecule has 0 saturated carbocycles. The van der Waals surface area contributed by atoms with Crippen LogP contribution in [0.2, 0.25) is 0 Å². The summed E-state index contributed by atoms with van der Waals surface area (Å²) in [6, 6.07) is 1.57. The summed E-state index contributed by atoms with van der Waals surface area (Å²) in [6.45, 7) is 5.90. The van der Waals surface area contributed by atoms with Gasteiger partial charge >= 0.3 is 0 Å². The Morgan fingerprint density at radius 2 is 2.08 bits per heavy atom. The molecule has 74 valence electrons. The van der Waals surface area contributed by atoms with E-state index in [4.69, 9.17) is 0 Å². The second kappa shape index (κ2) is 3.81. The monoisotopic (exact) mass is 180 g/mol. The molecule has 0 aliphatic carbocycles. The van der Waals surface area contributed by atoms with Gasteiger partial charge in [-0.3, -0.25) is 4.90 Å². The van der Waals surface area contributed by atoms with Crippen molar-refractivity contribution in [2.24, 2.45) is 0 Å². The van der Waals surface area contributed by atoms with Gasteiger partial charge in [0, 0.05) is 31.7 Å². The minimum Gasteiger partial charge on any atom is -0.304 e. The van der Waals surface area contributed by atoms with Crippen molar-refractivity contribution in [3.05, 3.63) is 12.2 Å². The number of hydrogen-bond acceptors (Lipinski definition) is 2. The third kappa shape index (κ3) is 1.79. The zero-order chi connectivity index (χ0) is 9.26. The molecule has 2 aliphatic heterocycles. The molecule has 2 aliphatic rings. The van der Waals surface area contributed by atoms with Gasteiger partial charge in [-0.1, -0.05) is 12.2 Å². The topological polar surface area (TPSA) is 6.48 Å². The van der Waals surface area contributed by atoms with E-state index in [0.29, 0.717) is 0 Å². The Morgan fingerprint density at radius 1 is 1.23 bits per heavy atom. The van der Waals surface area contributed by atoms with Crippen molar-refractivity contribution in [2.45, 2.75) is 31.8 Å². The van der Waals surface area contributed by atoms with Crippen molar-refractivity contribution in [3.63, 3.8) is 0 Å². The first-order valence-corrected chi connectivity index (χ1v) is 5.38. The molecule has 2 nitrogen and oxygen atoms in total. The maximum atomic E-state index is 2.68. The minimum atomic E-state index is 0.740. The summed E-state index contributed by atoms with van der Waals surface area (Å²) in [5, 5.41) is 0. The summed E-state index contributed by atoms with van der Waals surface area (Å²) in [5.41, 5.74) is 0. The molecule has 0 amide bonds. The number of likely N-dealkylation sites (N-methyl/N-ethyl adjacent to an activating group) is 1. The van der Waals surface area contributed by atoms with Crippen LogP contribution in [0.3, 0.4) is 0 Å². The van der Waals surface area contributed by atoms with Gasteiger partial charge in [0.05, 0.1) is 0 Å². The van der Waals surface area contributed by atoms with Crippen LogP contribution >= 0.6 is 0 Å². The molecule has 2 fully saturated rings. The Labute approximate surface area is 81.2 Å². The van der Waals surface area contributed by atoms with Crippen LogP contribution in [0.4, 0.5) is 0 Å². The van der Waals surface area contributed by atoms with Crippen LogP contribution in [-0.4, -0.2) is 48.6 Å². The average Bonchev–Trinajstić information content (AvgIpc) is 2.49. The quantitative estimate of drug-likeness (QED) is 0.562. The summed E-state index contributed by atoms with van der Waals surface area (Å²) in [7, 11) is 2.24. The summed E-state index contributed by atoms with van der Waals surface area (Å²) in [5.74, 6) is 0. The van der Waals surface area contributed by atoms with Crippen LogP contribution < -0.4 is 0 Å². The van der Waals surface area contributed by atoms with Crippen LogP contribution in [0.15, 0.2) is 12.2 Å². The highest BCUT2D eigenvalue weighted by Crippen LogP contribution is 2.27. The maximum Gasteiger partial charge on any atom is 0.0282 e. The molecule has 2 saturated heterocycles. The van der Waals surface area contributed by atoms with E-state index in [2.05, 4.69) is 35.9 Å². The summed E-state index contributed by atoms with van der Waals surface area (Å²) >= 11 is 0. The molecule has 13 heavy (non-hydrogen) atoms. The van der Waals surface area contributed by atoms with E-state index < -0.39 is 0 Å². The zero-order valence-electron chi connectivity index (χ0n) is 8.74. The highest BCUT2D eigenvalue weighted by molar-refractivity contribution is 5.01. The summed E-state index contributed by atoms with van der Waals surface area (Å²) < 4.78 is 0. The predicted molar refractivity (Wildman–Crippen MR) is 55.8 cm³/mol. The Morgan fingerprint density at radius 3 is 2.85 bits per heavy atom. The van der Waals surface area contributed by atoms with Crippen molar-refractivity contribution in [1.82, 2.24) is 9.80 Å². The largest absolute Gasteiger partial charge is 0.304 e. The number of hydrogen-bond donors (Lipinski definition) is 0. The van der Waals surface area contributed by atoms with Crippen LogP contribution in [0.25, 0.3) is 0 Å². The van der Waals surface area contributed by atoms with Crippen LogP contribution in [-0.2, 0) is 0 Å². The van der Waals surface area contributed by atoms with Gasteiger partial charge < -0.3 is 4.90 Å². The second-order valence-electron chi connectivity index (χ2n) is 4.32. The lowest BCUT2D eigenvalue weighted by atomic mass is 10.2. The number of nitrogens with zero attached hydrogens (tertiary/aromatic N) is 2. The van der Waals surface area contributed by atoms with E-state index in [0.717, 1.165) is 12.1 Å². The Hall–Kier alpha value is -0.340. The van der Waals surface area contributed by atoms with Crippen LogP contribution in [0, 0.1) is 0 Å². The standard InChI is InChI=1S/C11H20N2/c1-3-4-10-5-6-11-9-12(2)7-8-13(10)11/h3-4,10-11H,5-9H2,1-2H3/b4-3+. The lowest BCUT2D eigenvalue weighted by Gasteiger charge is -2.37. The number of allylic oxidation sites excluding steroid dienone is 1. The van der Waals surface area contributed by atoms with E-state index in [1.54, 1.807) is 0 Å². The third-order valence-electron chi connectivity index (χ3n) is 3.37. The van der Waals surface area contributed by atoms with Crippen LogP contribution in [0.1, 0.15) is 19.8 Å². The first-order chi connectivity index (χ1) is 6.31. The fourth-order valence-corrected chi connectivity index (χ4v) is 2.68. The van der Waals surface area contributed by atoms with Crippen molar-refractivity contribution in [2.75, 3.05) is 26.7 Å². The lowest BCUT2D eigenvalue weighted by molar-refractivity contribution is 0.107. The first-order valence-electron chi connectivity index (χ1n) is 5.38. The summed E-state index contributed by atoms with van der Waals surface area (Å²) in [4.78, 5) is 5.14. The number of fused-ring (bicyclic) bond motifs is 1. The molecule has 0 bridgehead atoms. The molecular weight excluding hydrogens is 160 g/mol. The van der Waals surface area contributed by atoms with Crippen molar-refractivity contribution in [1.29, 1.82) is 0 Å². The zero-order valence-corrected chi connectivity index (χ0v) is 8.74. The van der Waals surface area contributed by atoms with Gasteiger partial charge in [-0.15, -0.1) is 0 Å². The van der Waals surface area contributed by atoms with E-state index in [-0.39, 0.29) is 0 Å². The molecule has 2 rings (SSSR count). The molecule has 2 unspecified atom stereocenters. The smallest absolute Gasteiger partial charge is 0.0282 e. The highest BCUT2D eigenvalue weighted by atomic mass is 15.3. The van der Waals surface area contributed by atoms with Gasteiger partial charge in [0.25, 0.3) is 0 Å². The van der Waals surface area contributed by atoms with Gasteiger partial charge in [-0.05, 0) is 26.8 Å². The Kier molecular flexibility index (Phi) is 2.70. The number of rotatable bonds is 1. The van der Waals surface area contributed by atoms with Crippen molar-refractivity contribution < 1.29 is 0 Å². The molecule has 2 heteroatoms. The normalized spacial score (nSPS) is 37.1. The Balaban J connectivity index is 2.00. The maximum absolute atomic E-state index is 2.68. The van der Waals surface area contributed by atoms with Gasteiger partial charge in [0.15, 0.2) is 0 Å². The van der Waals surface area contributed by atoms with Gasteiger partial charge in [0.2, 0.25) is 0 Å². The van der Waals surface area contributed by atoms with Gasteiger partial charge in [0.1, 0.15) is 0 Å². The van der Waals surface area contributed by atoms with E-state index in [9.17, 15) is 0 Å². The lowest BCUT2D eigenvalue weighted by Crippen LogP contribution is -2.50. The molecule has 0 aromatic carbocycles. The SMILES string of the molecule is C/C=C/C1CCC2CN(C)CCN12. The molecule has 2 atom stereocenters. The summed E-state index contributed by atoms with van der Waals surface area (Å²) in [6.07, 6.45) is 7.32. The molecule has 0 radical (unpaired) electrons. The molecular formula is C11H20N2. The first kappa shape index (κ1) is 9.22. The fraction of sp³-hybridized carbons (Fsp3) is 0.818. The van der Waals surface area contributed by atoms with Crippen molar-refractivity contribution >= 4 is 0 Å². The van der Waals surface area contributed by atoms with Crippen molar-refractivity contribution in [3.8, 4) is 0 Å². The number of piperazine rings is 1. The fourth-order valence-electron chi connectivity index (χ4n) is 2.68. The molecule has 0 N–H and O–H groups in total. The minimum absolute atomic E-state index is 0.740. The van der Waals surface area contributed by atoms with E-state index in [1.165, 1.54) is 32.5 Å². The van der Waals surface area contributed by atoms with Crippen LogP contribution in [0.5, 0.6) is 0 Å². The molecule has 0 spiro atoms. The second-order valence-corrected chi connectivity index (χ2v) is 4.32. The Bertz CT molecular complexity index is 200. The average molecular weight is 180 g/mol. The van der Waals surface area contributed by atoms with E-state index in [1.807, 2.05) is 0 Å². The predicted octanol–water partition coefficient (Wildman–Crippen LogP) is 1.34. The molecule has 2 heterocycles.